The lowest BCUT2D eigenvalue weighted by Gasteiger charge is -2.09. The van der Waals surface area contributed by atoms with Crippen LogP contribution in [0.4, 0.5) is 13.2 Å². The van der Waals surface area contributed by atoms with Gasteiger partial charge in [0.05, 0.1) is 11.7 Å². The van der Waals surface area contributed by atoms with Crippen LogP contribution in [0.2, 0.25) is 0 Å². The summed E-state index contributed by atoms with van der Waals surface area (Å²) in [6, 6.07) is 1.51. The van der Waals surface area contributed by atoms with Crippen LogP contribution in [0.25, 0.3) is 0 Å². The standard InChI is InChI=1S/C12H17F3N2O3S/c1-9(2)20-7-3-6-17-21(18,19)11-5-4-10(8-16-11)12(13,14)15/h4-5,8-9,17H,3,6-7H2,1-2H3. The monoisotopic (exact) mass is 326 g/mol. The molecule has 0 radical (unpaired) electrons. The fourth-order valence-electron chi connectivity index (χ4n) is 1.38. The van der Waals surface area contributed by atoms with Gasteiger partial charge in [0.1, 0.15) is 0 Å². The first-order valence-electron chi connectivity index (χ1n) is 6.27. The minimum Gasteiger partial charge on any atom is -0.379 e. The second-order valence-electron chi connectivity index (χ2n) is 4.55. The first-order valence-corrected chi connectivity index (χ1v) is 7.76. The molecule has 0 aromatic carbocycles. The van der Waals surface area contributed by atoms with Crippen LogP contribution in [0, 0.1) is 0 Å². The van der Waals surface area contributed by atoms with Crippen molar-refractivity contribution in [3.05, 3.63) is 23.9 Å². The van der Waals surface area contributed by atoms with Gasteiger partial charge < -0.3 is 4.74 Å². The van der Waals surface area contributed by atoms with Crippen LogP contribution in [0.5, 0.6) is 0 Å². The Morgan fingerprint density at radius 3 is 2.48 bits per heavy atom. The van der Waals surface area contributed by atoms with Gasteiger partial charge in [-0.3, -0.25) is 0 Å². The van der Waals surface area contributed by atoms with Crippen molar-refractivity contribution in [1.29, 1.82) is 0 Å². The van der Waals surface area contributed by atoms with Gasteiger partial charge in [0.15, 0.2) is 5.03 Å². The molecule has 9 heteroatoms. The van der Waals surface area contributed by atoms with Crippen molar-refractivity contribution in [3.8, 4) is 0 Å². The summed E-state index contributed by atoms with van der Waals surface area (Å²) in [5, 5.41) is -0.444. The van der Waals surface area contributed by atoms with E-state index in [9.17, 15) is 21.6 Å². The number of halogens is 3. The third-order valence-electron chi connectivity index (χ3n) is 2.40. The van der Waals surface area contributed by atoms with Crippen molar-refractivity contribution in [2.75, 3.05) is 13.2 Å². The molecule has 1 aromatic rings. The number of hydrogen-bond donors (Lipinski definition) is 1. The molecule has 0 aliphatic carbocycles. The van der Waals surface area contributed by atoms with Crippen molar-refractivity contribution in [3.63, 3.8) is 0 Å². The van der Waals surface area contributed by atoms with Gasteiger partial charge in [-0.2, -0.15) is 13.2 Å². The Bertz CT molecular complexity index is 542. The highest BCUT2D eigenvalue weighted by molar-refractivity contribution is 7.89. The van der Waals surface area contributed by atoms with Crippen LogP contribution in [0.3, 0.4) is 0 Å². The number of alkyl halides is 3. The van der Waals surface area contributed by atoms with Crippen molar-refractivity contribution in [2.45, 2.75) is 37.6 Å². The molecule has 5 nitrogen and oxygen atoms in total. The zero-order valence-corrected chi connectivity index (χ0v) is 12.5. The topological polar surface area (TPSA) is 68.3 Å². The fraction of sp³-hybridized carbons (Fsp3) is 0.583. The first kappa shape index (κ1) is 17.9. The van der Waals surface area contributed by atoms with Gasteiger partial charge in [0.2, 0.25) is 0 Å². The van der Waals surface area contributed by atoms with Crippen molar-refractivity contribution in [2.24, 2.45) is 0 Å². The summed E-state index contributed by atoms with van der Waals surface area (Å²) in [4.78, 5) is 3.34. The van der Waals surface area contributed by atoms with E-state index in [1.807, 2.05) is 13.8 Å². The quantitative estimate of drug-likeness (QED) is 0.780. The zero-order chi connectivity index (χ0) is 16.1. The Morgan fingerprint density at radius 1 is 1.33 bits per heavy atom. The van der Waals surface area contributed by atoms with E-state index < -0.39 is 26.8 Å². The van der Waals surface area contributed by atoms with Gasteiger partial charge >= 0.3 is 6.18 Å². The Kier molecular flexibility index (Phi) is 6.11. The molecule has 1 N–H and O–H groups in total. The normalized spacial score (nSPS) is 12.9. The largest absolute Gasteiger partial charge is 0.417 e. The first-order chi connectivity index (χ1) is 9.63. The molecule has 0 unspecified atom stereocenters. The average molecular weight is 326 g/mol. The molecule has 0 atom stereocenters. The molecular formula is C12H17F3N2O3S. The molecule has 0 saturated heterocycles. The number of pyridine rings is 1. The van der Waals surface area contributed by atoms with E-state index in [1.54, 1.807) is 0 Å². The lowest BCUT2D eigenvalue weighted by Crippen LogP contribution is -2.26. The number of sulfonamides is 1. The fourth-order valence-corrected chi connectivity index (χ4v) is 2.38. The second-order valence-corrected chi connectivity index (χ2v) is 6.27. The highest BCUT2D eigenvalue weighted by Crippen LogP contribution is 2.28. The van der Waals surface area contributed by atoms with Crippen molar-refractivity contribution < 1.29 is 26.3 Å². The van der Waals surface area contributed by atoms with Crippen molar-refractivity contribution >= 4 is 10.0 Å². The summed E-state index contributed by atoms with van der Waals surface area (Å²) >= 11 is 0. The molecule has 120 valence electrons. The van der Waals surface area contributed by atoms with Crippen LogP contribution in [-0.2, 0) is 20.9 Å². The summed E-state index contributed by atoms with van der Waals surface area (Å²) < 4.78 is 68.1. The van der Waals surface area contributed by atoms with Crippen LogP contribution < -0.4 is 4.72 Å². The number of aromatic nitrogens is 1. The maximum atomic E-state index is 12.3. The smallest absolute Gasteiger partial charge is 0.379 e. The average Bonchev–Trinajstić information content (AvgIpc) is 2.37. The molecule has 0 spiro atoms. The van der Waals surface area contributed by atoms with Crippen LogP contribution in [0.15, 0.2) is 23.4 Å². The van der Waals surface area contributed by atoms with Crippen molar-refractivity contribution in [1.82, 2.24) is 9.71 Å². The summed E-state index contributed by atoms with van der Waals surface area (Å²) in [5.41, 5.74) is -0.994. The van der Waals surface area contributed by atoms with Crippen LogP contribution >= 0.6 is 0 Å². The van der Waals surface area contributed by atoms with Gasteiger partial charge in [0.25, 0.3) is 10.0 Å². The third kappa shape index (κ3) is 5.98. The number of ether oxygens (including phenoxy) is 1. The molecular weight excluding hydrogens is 309 g/mol. The summed E-state index contributed by atoms with van der Waals surface area (Å²) in [5.74, 6) is 0. The Morgan fingerprint density at radius 2 is 2.00 bits per heavy atom. The Balaban J connectivity index is 2.58. The number of nitrogens with zero attached hydrogens (tertiary/aromatic N) is 1. The molecule has 1 heterocycles. The van der Waals surface area contributed by atoms with Gasteiger partial charge in [0, 0.05) is 19.3 Å². The summed E-state index contributed by atoms with van der Waals surface area (Å²) in [6.07, 6.45) is -3.54. The number of rotatable bonds is 7. The van der Waals surface area contributed by atoms with E-state index >= 15 is 0 Å². The number of nitrogens with one attached hydrogen (secondary N) is 1. The molecule has 0 amide bonds. The third-order valence-corrected chi connectivity index (χ3v) is 3.78. The molecule has 1 rings (SSSR count). The van der Waals surface area contributed by atoms with Gasteiger partial charge in [-0.25, -0.2) is 18.1 Å². The lowest BCUT2D eigenvalue weighted by atomic mass is 10.3. The van der Waals surface area contributed by atoms with E-state index in [4.69, 9.17) is 4.74 Å². The van der Waals surface area contributed by atoms with Gasteiger partial charge in [-0.1, -0.05) is 0 Å². The maximum Gasteiger partial charge on any atom is 0.417 e. The molecule has 0 aliphatic heterocycles. The highest BCUT2D eigenvalue weighted by atomic mass is 32.2. The van der Waals surface area contributed by atoms with E-state index in [2.05, 4.69) is 9.71 Å². The Hall–Kier alpha value is -1.19. The minimum absolute atomic E-state index is 0.0539. The van der Waals surface area contributed by atoms with E-state index in [1.165, 1.54) is 0 Å². The summed E-state index contributed by atoms with van der Waals surface area (Å²) in [6.45, 7) is 4.23. The molecule has 21 heavy (non-hydrogen) atoms. The van der Waals surface area contributed by atoms with Crippen LogP contribution in [0.1, 0.15) is 25.8 Å². The molecule has 0 saturated carbocycles. The predicted octanol–water partition coefficient (Wildman–Crippen LogP) is 2.19. The van der Waals surface area contributed by atoms with E-state index in [-0.39, 0.29) is 12.6 Å². The van der Waals surface area contributed by atoms with Gasteiger partial charge in [-0.05, 0) is 32.4 Å². The lowest BCUT2D eigenvalue weighted by molar-refractivity contribution is -0.137. The zero-order valence-electron chi connectivity index (χ0n) is 11.6. The SMILES string of the molecule is CC(C)OCCCNS(=O)(=O)c1ccc(C(F)(F)F)cn1. The second kappa shape index (κ2) is 7.19. The van der Waals surface area contributed by atoms with Crippen LogP contribution in [-0.4, -0.2) is 32.7 Å². The molecule has 0 bridgehead atoms. The Labute approximate surface area is 121 Å². The molecule has 0 aliphatic rings. The highest BCUT2D eigenvalue weighted by Gasteiger charge is 2.31. The molecule has 0 fully saturated rings. The molecule has 1 aromatic heterocycles. The minimum atomic E-state index is -4.54. The van der Waals surface area contributed by atoms with E-state index in [0.29, 0.717) is 25.3 Å². The maximum absolute atomic E-state index is 12.3. The van der Waals surface area contributed by atoms with Gasteiger partial charge in [-0.15, -0.1) is 0 Å². The summed E-state index contributed by atoms with van der Waals surface area (Å²) in [7, 11) is -3.91. The number of hydrogen-bond acceptors (Lipinski definition) is 4. The van der Waals surface area contributed by atoms with E-state index in [0.717, 1.165) is 6.07 Å². The predicted molar refractivity (Wildman–Crippen MR) is 70.1 cm³/mol.